The first-order valence-corrected chi connectivity index (χ1v) is 9.21. The van der Waals surface area contributed by atoms with Crippen LogP contribution in [0.4, 0.5) is 0 Å². The Morgan fingerprint density at radius 2 is 2.12 bits per heavy atom. The third kappa shape index (κ3) is 7.81. The van der Waals surface area contributed by atoms with E-state index in [4.69, 9.17) is 4.74 Å². The molecule has 0 bridgehead atoms. The largest absolute Gasteiger partial charge is 0.378 e. The third-order valence-corrected chi connectivity index (χ3v) is 4.00. The van der Waals surface area contributed by atoms with E-state index in [1.165, 1.54) is 5.56 Å². The van der Waals surface area contributed by atoms with E-state index < -0.39 is 0 Å². The van der Waals surface area contributed by atoms with Gasteiger partial charge in [0, 0.05) is 31.9 Å². The van der Waals surface area contributed by atoms with Gasteiger partial charge in [0.2, 0.25) is 0 Å². The van der Waals surface area contributed by atoms with Crippen LogP contribution >= 0.6 is 0 Å². The lowest BCUT2D eigenvalue weighted by Gasteiger charge is -2.21. The highest BCUT2D eigenvalue weighted by molar-refractivity contribution is 5.79. The zero-order valence-electron chi connectivity index (χ0n) is 16.0. The first kappa shape index (κ1) is 20.5. The summed E-state index contributed by atoms with van der Waals surface area (Å²) in [6, 6.07) is 0. The van der Waals surface area contributed by atoms with Crippen LogP contribution in [0.15, 0.2) is 11.2 Å². The quantitative estimate of drug-likeness (QED) is 0.330. The van der Waals surface area contributed by atoms with Crippen LogP contribution in [-0.2, 0) is 11.2 Å². The smallest absolute Gasteiger partial charge is 0.191 e. The minimum absolute atomic E-state index is 0.300. The van der Waals surface area contributed by atoms with Crippen molar-refractivity contribution in [3.05, 3.63) is 17.5 Å². The Hall–Kier alpha value is -1.56. The Bertz CT molecular complexity index is 470. The van der Waals surface area contributed by atoms with Crippen molar-refractivity contribution in [3.63, 3.8) is 0 Å². The molecule has 24 heavy (non-hydrogen) atoms. The molecule has 1 aromatic heterocycles. The van der Waals surface area contributed by atoms with Gasteiger partial charge in [0.15, 0.2) is 5.96 Å². The summed E-state index contributed by atoms with van der Waals surface area (Å²) in [5.74, 6) is 1.42. The molecule has 0 radical (unpaired) electrons. The van der Waals surface area contributed by atoms with Gasteiger partial charge in [-0.3, -0.25) is 10.1 Å². The molecule has 0 aliphatic carbocycles. The van der Waals surface area contributed by atoms with Crippen LogP contribution in [0, 0.1) is 12.8 Å². The number of nitrogens with one attached hydrogen (secondary N) is 3. The predicted molar refractivity (Wildman–Crippen MR) is 100 cm³/mol. The van der Waals surface area contributed by atoms with Gasteiger partial charge in [0.05, 0.1) is 12.3 Å². The van der Waals surface area contributed by atoms with Gasteiger partial charge in [-0.2, -0.15) is 5.10 Å². The molecular weight excluding hydrogens is 302 g/mol. The average molecular weight is 338 g/mol. The lowest BCUT2D eigenvalue weighted by molar-refractivity contribution is 0.0258. The number of H-pyrrole nitrogens is 1. The van der Waals surface area contributed by atoms with Crippen molar-refractivity contribution < 1.29 is 4.74 Å². The summed E-state index contributed by atoms with van der Waals surface area (Å²) >= 11 is 0. The second-order valence-electron chi connectivity index (χ2n) is 6.34. The summed E-state index contributed by atoms with van der Waals surface area (Å²) in [6.45, 7) is 13.9. The molecule has 0 aromatic carbocycles. The van der Waals surface area contributed by atoms with Crippen LogP contribution in [0.25, 0.3) is 0 Å². The van der Waals surface area contributed by atoms with Gasteiger partial charge in [0.1, 0.15) is 0 Å². The Balaban J connectivity index is 2.35. The maximum Gasteiger partial charge on any atom is 0.191 e. The van der Waals surface area contributed by atoms with E-state index in [-0.39, 0.29) is 0 Å². The molecular formula is C18H35N5O. The first-order chi connectivity index (χ1) is 11.6. The highest BCUT2D eigenvalue weighted by atomic mass is 16.5. The van der Waals surface area contributed by atoms with Crippen molar-refractivity contribution in [1.29, 1.82) is 0 Å². The monoisotopic (exact) mass is 337 g/mol. The Morgan fingerprint density at radius 3 is 2.71 bits per heavy atom. The summed E-state index contributed by atoms with van der Waals surface area (Å²) in [5, 5.41) is 13.7. The number of nitrogens with zero attached hydrogens (tertiary/aromatic N) is 2. The van der Waals surface area contributed by atoms with E-state index in [0.29, 0.717) is 12.0 Å². The molecule has 1 heterocycles. The van der Waals surface area contributed by atoms with Crippen molar-refractivity contribution in [2.75, 3.05) is 26.2 Å². The number of guanidine groups is 1. The molecule has 1 atom stereocenters. The summed E-state index contributed by atoms with van der Waals surface area (Å²) in [5.41, 5.74) is 2.43. The van der Waals surface area contributed by atoms with Crippen molar-refractivity contribution in [3.8, 4) is 0 Å². The van der Waals surface area contributed by atoms with Gasteiger partial charge in [-0.25, -0.2) is 0 Å². The minimum Gasteiger partial charge on any atom is -0.378 e. The Labute approximate surface area is 146 Å². The van der Waals surface area contributed by atoms with Crippen LogP contribution in [0.5, 0.6) is 0 Å². The van der Waals surface area contributed by atoms with Gasteiger partial charge in [0.25, 0.3) is 0 Å². The normalized spacial score (nSPS) is 13.3. The molecule has 6 nitrogen and oxygen atoms in total. The summed E-state index contributed by atoms with van der Waals surface area (Å²) < 4.78 is 5.79. The van der Waals surface area contributed by atoms with Crippen molar-refractivity contribution in [1.82, 2.24) is 20.8 Å². The fraction of sp³-hybridized carbons (Fsp3) is 0.778. The topological polar surface area (TPSA) is 74.3 Å². The summed E-state index contributed by atoms with van der Waals surface area (Å²) in [6.07, 6.45) is 5.22. The maximum atomic E-state index is 5.79. The van der Waals surface area contributed by atoms with Gasteiger partial charge < -0.3 is 15.4 Å². The van der Waals surface area contributed by atoms with Gasteiger partial charge >= 0.3 is 0 Å². The lowest BCUT2D eigenvalue weighted by atomic mass is 10.0. The molecule has 1 rings (SSSR count). The number of hydrogen-bond donors (Lipinski definition) is 3. The molecule has 3 N–H and O–H groups in total. The molecule has 0 aliphatic rings. The van der Waals surface area contributed by atoms with E-state index in [1.807, 2.05) is 6.20 Å². The summed E-state index contributed by atoms with van der Waals surface area (Å²) in [4.78, 5) is 4.65. The van der Waals surface area contributed by atoms with Crippen LogP contribution < -0.4 is 10.6 Å². The number of aromatic amines is 1. The molecule has 1 unspecified atom stereocenters. The molecule has 0 amide bonds. The number of aryl methyl sites for hydroxylation is 2. The number of ether oxygens (including phenoxy) is 1. The second-order valence-corrected chi connectivity index (χ2v) is 6.34. The minimum atomic E-state index is 0.300. The van der Waals surface area contributed by atoms with Crippen LogP contribution in [0.1, 0.15) is 51.8 Å². The zero-order valence-corrected chi connectivity index (χ0v) is 16.0. The summed E-state index contributed by atoms with van der Waals surface area (Å²) in [7, 11) is 0. The fourth-order valence-electron chi connectivity index (χ4n) is 2.59. The Morgan fingerprint density at radius 1 is 1.33 bits per heavy atom. The van der Waals surface area contributed by atoms with E-state index >= 15 is 0 Å². The van der Waals surface area contributed by atoms with Crippen LogP contribution in [0.2, 0.25) is 0 Å². The number of rotatable bonds is 11. The van der Waals surface area contributed by atoms with Gasteiger partial charge in [-0.05, 0) is 51.5 Å². The number of hydrogen-bond acceptors (Lipinski definition) is 3. The van der Waals surface area contributed by atoms with Crippen molar-refractivity contribution in [2.24, 2.45) is 10.9 Å². The fourth-order valence-corrected chi connectivity index (χ4v) is 2.59. The van der Waals surface area contributed by atoms with Gasteiger partial charge in [-0.15, -0.1) is 0 Å². The van der Waals surface area contributed by atoms with Gasteiger partial charge in [-0.1, -0.05) is 13.8 Å². The second kappa shape index (κ2) is 11.9. The predicted octanol–water partition coefficient (Wildman–Crippen LogP) is 2.66. The molecule has 0 saturated carbocycles. The highest BCUT2D eigenvalue weighted by Crippen LogP contribution is 2.10. The molecule has 6 heteroatoms. The van der Waals surface area contributed by atoms with Crippen LogP contribution in [0.3, 0.4) is 0 Å². The van der Waals surface area contributed by atoms with E-state index in [0.717, 1.165) is 57.2 Å². The van der Waals surface area contributed by atoms with E-state index in [1.54, 1.807) is 0 Å². The molecule has 0 saturated heterocycles. The van der Waals surface area contributed by atoms with Crippen molar-refractivity contribution >= 4 is 5.96 Å². The van der Waals surface area contributed by atoms with Crippen molar-refractivity contribution in [2.45, 2.75) is 60.0 Å². The van der Waals surface area contributed by atoms with Crippen LogP contribution in [-0.4, -0.2) is 48.5 Å². The third-order valence-electron chi connectivity index (χ3n) is 4.00. The highest BCUT2D eigenvalue weighted by Gasteiger charge is 2.12. The first-order valence-electron chi connectivity index (χ1n) is 9.21. The van der Waals surface area contributed by atoms with E-state index in [2.05, 4.69) is 60.4 Å². The standard InChI is InChI=1S/C18H35N5O/c1-6-19-18(21-12-10-17(14(3)4)24-7-2)20-11-8-9-16-13-22-23-15(16)5/h13-14,17H,6-12H2,1-5H3,(H,22,23)(H2,19,20,21). The average Bonchev–Trinajstić information content (AvgIpc) is 2.95. The zero-order chi connectivity index (χ0) is 17.8. The number of aromatic nitrogens is 2. The maximum absolute atomic E-state index is 5.79. The molecule has 1 aromatic rings. The lowest BCUT2D eigenvalue weighted by Crippen LogP contribution is -2.39. The molecule has 0 fully saturated rings. The Kier molecular flexibility index (Phi) is 10.2. The van der Waals surface area contributed by atoms with E-state index in [9.17, 15) is 0 Å². The molecule has 138 valence electrons. The molecule has 0 spiro atoms. The molecule has 0 aliphatic heterocycles. The SMILES string of the molecule is CCNC(=NCCCc1cn[nH]c1C)NCCC(OCC)C(C)C. The number of aliphatic imine (C=N–C) groups is 1.